The third-order valence-corrected chi connectivity index (χ3v) is 2.87. The number of nitriles is 1. The SMILES string of the molecule is N#CC1(c2cccnc2Br)CC1. The maximum Gasteiger partial charge on any atom is 0.110 e. The lowest BCUT2D eigenvalue weighted by molar-refractivity contribution is 0.886. The van der Waals surface area contributed by atoms with Crippen molar-refractivity contribution >= 4 is 15.9 Å². The standard InChI is InChI=1S/C9H7BrN2/c10-8-7(2-1-5-12-8)9(6-11)3-4-9/h1-2,5H,3-4H2. The molecule has 0 unspecified atom stereocenters. The molecule has 1 aromatic rings. The van der Waals surface area contributed by atoms with E-state index < -0.39 is 0 Å². The number of aromatic nitrogens is 1. The zero-order valence-electron chi connectivity index (χ0n) is 6.42. The predicted molar refractivity (Wildman–Crippen MR) is 48.5 cm³/mol. The second-order valence-electron chi connectivity index (χ2n) is 3.04. The summed E-state index contributed by atoms with van der Waals surface area (Å²) in [7, 11) is 0. The Morgan fingerprint density at radius 2 is 2.33 bits per heavy atom. The van der Waals surface area contributed by atoms with Crippen molar-refractivity contribution in [2.75, 3.05) is 0 Å². The van der Waals surface area contributed by atoms with E-state index in [2.05, 4.69) is 27.0 Å². The van der Waals surface area contributed by atoms with Gasteiger partial charge in [0.1, 0.15) is 4.60 Å². The second kappa shape index (κ2) is 2.56. The number of hydrogen-bond donors (Lipinski definition) is 0. The molecule has 0 bridgehead atoms. The van der Waals surface area contributed by atoms with Gasteiger partial charge in [-0.15, -0.1) is 0 Å². The summed E-state index contributed by atoms with van der Waals surface area (Å²) in [6, 6.07) is 6.18. The Morgan fingerprint density at radius 1 is 1.58 bits per heavy atom. The lowest BCUT2D eigenvalue weighted by atomic mass is 10.0. The van der Waals surface area contributed by atoms with Gasteiger partial charge in [-0.05, 0) is 34.8 Å². The molecule has 1 aliphatic carbocycles. The van der Waals surface area contributed by atoms with Gasteiger partial charge in [0.15, 0.2) is 0 Å². The van der Waals surface area contributed by atoms with E-state index in [0.29, 0.717) is 0 Å². The molecule has 1 aliphatic rings. The second-order valence-corrected chi connectivity index (χ2v) is 3.79. The zero-order chi connectivity index (χ0) is 8.60. The van der Waals surface area contributed by atoms with Gasteiger partial charge in [0, 0.05) is 11.8 Å². The summed E-state index contributed by atoms with van der Waals surface area (Å²) < 4.78 is 0.809. The monoisotopic (exact) mass is 222 g/mol. The van der Waals surface area contributed by atoms with Crippen LogP contribution in [0.15, 0.2) is 22.9 Å². The van der Waals surface area contributed by atoms with Crippen molar-refractivity contribution in [1.29, 1.82) is 5.26 Å². The van der Waals surface area contributed by atoms with Crippen molar-refractivity contribution in [3.8, 4) is 6.07 Å². The van der Waals surface area contributed by atoms with Gasteiger partial charge in [-0.2, -0.15) is 5.26 Å². The van der Waals surface area contributed by atoms with Crippen LogP contribution in [-0.4, -0.2) is 4.98 Å². The van der Waals surface area contributed by atoms with Gasteiger partial charge in [0.25, 0.3) is 0 Å². The van der Waals surface area contributed by atoms with E-state index in [1.807, 2.05) is 12.1 Å². The number of halogens is 1. The number of nitrogens with zero attached hydrogens (tertiary/aromatic N) is 2. The molecule has 0 spiro atoms. The first-order valence-corrected chi connectivity index (χ1v) is 4.60. The molecule has 0 aliphatic heterocycles. The quantitative estimate of drug-likeness (QED) is 0.685. The van der Waals surface area contributed by atoms with Gasteiger partial charge in [-0.25, -0.2) is 4.98 Å². The molecule has 1 fully saturated rings. The molecule has 3 heteroatoms. The van der Waals surface area contributed by atoms with E-state index in [4.69, 9.17) is 5.26 Å². The zero-order valence-corrected chi connectivity index (χ0v) is 8.00. The molecular formula is C9H7BrN2. The van der Waals surface area contributed by atoms with E-state index in [1.165, 1.54) is 0 Å². The van der Waals surface area contributed by atoms with Gasteiger partial charge in [-0.1, -0.05) is 6.07 Å². The highest BCUT2D eigenvalue weighted by molar-refractivity contribution is 9.10. The van der Waals surface area contributed by atoms with Gasteiger partial charge < -0.3 is 0 Å². The first-order chi connectivity index (χ1) is 5.78. The van der Waals surface area contributed by atoms with Crippen molar-refractivity contribution in [2.45, 2.75) is 18.3 Å². The fourth-order valence-electron chi connectivity index (χ4n) is 1.31. The van der Waals surface area contributed by atoms with Crippen LogP contribution in [0, 0.1) is 11.3 Å². The van der Waals surface area contributed by atoms with Crippen molar-refractivity contribution < 1.29 is 0 Å². The average molecular weight is 223 g/mol. The third kappa shape index (κ3) is 1.03. The Labute approximate surface area is 79.4 Å². The van der Waals surface area contributed by atoms with Gasteiger partial charge in [0.05, 0.1) is 11.5 Å². The minimum absolute atomic E-state index is 0.229. The minimum Gasteiger partial charge on any atom is -0.249 e. The molecule has 0 radical (unpaired) electrons. The van der Waals surface area contributed by atoms with Crippen LogP contribution in [0.1, 0.15) is 18.4 Å². The smallest absolute Gasteiger partial charge is 0.110 e. The molecule has 1 saturated carbocycles. The van der Waals surface area contributed by atoms with Crippen molar-refractivity contribution in [3.63, 3.8) is 0 Å². The van der Waals surface area contributed by atoms with Crippen molar-refractivity contribution in [2.24, 2.45) is 0 Å². The fourth-order valence-corrected chi connectivity index (χ4v) is 1.94. The normalized spacial score (nSPS) is 18.3. The molecular weight excluding hydrogens is 216 g/mol. The summed E-state index contributed by atoms with van der Waals surface area (Å²) in [6.07, 6.45) is 3.66. The molecule has 0 amide bonds. The van der Waals surface area contributed by atoms with Crippen LogP contribution >= 0.6 is 15.9 Å². The van der Waals surface area contributed by atoms with Crippen LogP contribution in [0.2, 0.25) is 0 Å². The highest BCUT2D eigenvalue weighted by Gasteiger charge is 2.46. The Kier molecular flexibility index (Phi) is 1.66. The molecule has 0 saturated heterocycles. The Bertz CT molecular complexity index is 350. The first-order valence-electron chi connectivity index (χ1n) is 3.81. The largest absolute Gasteiger partial charge is 0.249 e. The molecule has 0 atom stereocenters. The van der Waals surface area contributed by atoms with Crippen molar-refractivity contribution in [3.05, 3.63) is 28.5 Å². The molecule has 60 valence electrons. The fraction of sp³-hybridized carbons (Fsp3) is 0.333. The minimum atomic E-state index is -0.229. The van der Waals surface area contributed by atoms with Gasteiger partial charge in [-0.3, -0.25) is 0 Å². The molecule has 2 nitrogen and oxygen atoms in total. The van der Waals surface area contributed by atoms with E-state index in [1.54, 1.807) is 6.20 Å². The van der Waals surface area contributed by atoms with Crippen LogP contribution in [-0.2, 0) is 5.41 Å². The summed E-state index contributed by atoms with van der Waals surface area (Å²) in [5, 5.41) is 8.94. The predicted octanol–water partition coefficient (Wildman–Crippen LogP) is 2.40. The number of rotatable bonds is 1. The third-order valence-electron chi connectivity index (χ3n) is 2.24. The van der Waals surface area contributed by atoms with Gasteiger partial charge >= 0.3 is 0 Å². The summed E-state index contributed by atoms with van der Waals surface area (Å²) in [5.74, 6) is 0. The summed E-state index contributed by atoms with van der Waals surface area (Å²) >= 11 is 3.35. The summed E-state index contributed by atoms with van der Waals surface area (Å²) in [4.78, 5) is 4.10. The van der Waals surface area contributed by atoms with Gasteiger partial charge in [0.2, 0.25) is 0 Å². The first kappa shape index (κ1) is 7.75. The molecule has 2 rings (SSSR count). The number of pyridine rings is 1. The van der Waals surface area contributed by atoms with Crippen LogP contribution in [0.25, 0.3) is 0 Å². The maximum absolute atomic E-state index is 8.94. The van der Waals surface area contributed by atoms with E-state index >= 15 is 0 Å². The lowest BCUT2D eigenvalue weighted by Crippen LogP contribution is -2.03. The Hall–Kier alpha value is -0.880. The number of hydrogen-bond acceptors (Lipinski definition) is 2. The van der Waals surface area contributed by atoms with Crippen molar-refractivity contribution in [1.82, 2.24) is 4.98 Å². The van der Waals surface area contributed by atoms with Crippen LogP contribution < -0.4 is 0 Å². The van der Waals surface area contributed by atoms with E-state index in [0.717, 1.165) is 23.0 Å². The molecule has 12 heavy (non-hydrogen) atoms. The highest BCUT2D eigenvalue weighted by atomic mass is 79.9. The molecule has 1 aromatic heterocycles. The Balaban J connectivity index is 2.48. The van der Waals surface area contributed by atoms with E-state index in [9.17, 15) is 0 Å². The van der Waals surface area contributed by atoms with Crippen LogP contribution in [0.3, 0.4) is 0 Å². The molecule has 0 aromatic carbocycles. The highest BCUT2D eigenvalue weighted by Crippen LogP contribution is 2.49. The van der Waals surface area contributed by atoms with Crippen LogP contribution in [0.4, 0.5) is 0 Å². The average Bonchev–Trinajstić information content (AvgIpc) is 2.86. The lowest BCUT2D eigenvalue weighted by Gasteiger charge is -2.06. The molecule has 1 heterocycles. The Morgan fingerprint density at radius 3 is 2.83 bits per heavy atom. The van der Waals surface area contributed by atoms with E-state index in [-0.39, 0.29) is 5.41 Å². The topological polar surface area (TPSA) is 36.7 Å². The summed E-state index contributed by atoms with van der Waals surface area (Å²) in [6.45, 7) is 0. The van der Waals surface area contributed by atoms with Crippen LogP contribution in [0.5, 0.6) is 0 Å². The maximum atomic E-state index is 8.94. The summed E-state index contributed by atoms with van der Waals surface area (Å²) in [5.41, 5.74) is 0.806. The molecule has 0 N–H and O–H groups in total.